The number of hydrogen-bond donors (Lipinski definition) is 1. The van der Waals surface area contributed by atoms with Gasteiger partial charge in [-0.2, -0.15) is 0 Å². The Labute approximate surface area is 155 Å². The second kappa shape index (κ2) is 7.51. The van der Waals surface area contributed by atoms with Gasteiger partial charge in [-0.3, -0.25) is 9.59 Å². The number of nitrogens with one attached hydrogen (secondary N) is 1. The lowest BCUT2D eigenvalue weighted by molar-refractivity contribution is 0.102. The summed E-state index contributed by atoms with van der Waals surface area (Å²) in [5.74, 6) is -0.397. The van der Waals surface area contributed by atoms with E-state index in [1.165, 1.54) is 0 Å². The molecule has 0 bridgehead atoms. The predicted molar refractivity (Wildman–Crippen MR) is 101 cm³/mol. The second-order valence-electron chi connectivity index (χ2n) is 5.38. The number of anilines is 1. The Hall–Kier alpha value is -2.62. The van der Waals surface area contributed by atoms with Crippen LogP contribution < -0.4 is 5.32 Å². The van der Waals surface area contributed by atoms with Crippen LogP contribution in [-0.4, -0.2) is 11.7 Å². The first-order valence-corrected chi connectivity index (χ1v) is 8.26. The SMILES string of the molecule is O=C(Nc1cc(Cl)cc(Cl)c1)c1ccc(C(=O)c2ccccc2)cc1. The predicted octanol–water partition coefficient (Wildman–Crippen LogP) is 5.48. The van der Waals surface area contributed by atoms with E-state index in [9.17, 15) is 9.59 Å². The molecule has 0 aliphatic carbocycles. The van der Waals surface area contributed by atoms with Crippen molar-refractivity contribution in [3.63, 3.8) is 0 Å². The summed E-state index contributed by atoms with van der Waals surface area (Å²) in [5.41, 5.74) is 2.06. The monoisotopic (exact) mass is 369 g/mol. The highest BCUT2D eigenvalue weighted by molar-refractivity contribution is 6.35. The van der Waals surface area contributed by atoms with Crippen molar-refractivity contribution in [2.45, 2.75) is 0 Å². The lowest BCUT2D eigenvalue weighted by atomic mass is 10.0. The Morgan fingerprint density at radius 2 is 1.20 bits per heavy atom. The molecule has 5 heteroatoms. The molecule has 25 heavy (non-hydrogen) atoms. The molecule has 1 amide bonds. The van der Waals surface area contributed by atoms with Crippen LogP contribution in [0.1, 0.15) is 26.3 Å². The fourth-order valence-corrected chi connectivity index (χ4v) is 2.88. The molecule has 0 saturated heterocycles. The van der Waals surface area contributed by atoms with E-state index in [-0.39, 0.29) is 11.7 Å². The number of carbonyl (C=O) groups excluding carboxylic acids is 2. The average Bonchev–Trinajstić information content (AvgIpc) is 2.61. The summed E-state index contributed by atoms with van der Waals surface area (Å²) in [5, 5.41) is 3.60. The maximum absolute atomic E-state index is 12.4. The molecule has 0 unspecified atom stereocenters. The van der Waals surface area contributed by atoms with Crippen molar-refractivity contribution in [3.05, 3.63) is 99.5 Å². The Morgan fingerprint density at radius 3 is 1.80 bits per heavy atom. The smallest absolute Gasteiger partial charge is 0.255 e. The van der Waals surface area contributed by atoms with E-state index in [1.54, 1.807) is 54.6 Å². The van der Waals surface area contributed by atoms with Gasteiger partial charge in [0, 0.05) is 32.4 Å². The van der Waals surface area contributed by atoms with Crippen molar-refractivity contribution in [2.75, 3.05) is 5.32 Å². The van der Waals surface area contributed by atoms with Gasteiger partial charge in [-0.1, -0.05) is 65.7 Å². The maximum Gasteiger partial charge on any atom is 0.255 e. The molecule has 3 nitrogen and oxygen atoms in total. The molecule has 0 fully saturated rings. The van der Waals surface area contributed by atoms with Crippen LogP contribution in [0.25, 0.3) is 0 Å². The average molecular weight is 370 g/mol. The highest BCUT2D eigenvalue weighted by Gasteiger charge is 2.11. The number of amides is 1. The number of halogens is 2. The van der Waals surface area contributed by atoms with Crippen molar-refractivity contribution in [3.8, 4) is 0 Å². The molecule has 0 saturated carbocycles. The zero-order chi connectivity index (χ0) is 17.8. The highest BCUT2D eigenvalue weighted by Crippen LogP contribution is 2.23. The lowest BCUT2D eigenvalue weighted by Gasteiger charge is -2.07. The molecule has 0 aliphatic rings. The van der Waals surface area contributed by atoms with Crippen molar-refractivity contribution in [1.82, 2.24) is 0 Å². The molecule has 3 aromatic rings. The normalized spacial score (nSPS) is 10.3. The minimum Gasteiger partial charge on any atom is -0.322 e. The summed E-state index contributed by atoms with van der Waals surface area (Å²) in [6.07, 6.45) is 0. The van der Waals surface area contributed by atoms with Crippen LogP contribution in [0.3, 0.4) is 0 Å². The largest absolute Gasteiger partial charge is 0.322 e. The van der Waals surface area contributed by atoms with Crippen LogP contribution in [0.4, 0.5) is 5.69 Å². The van der Waals surface area contributed by atoms with Gasteiger partial charge < -0.3 is 5.32 Å². The van der Waals surface area contributed by atoms with E-state index in [0.29, 0.717) is 32.4 Å². The zero-order valence-corrected chi connectivity index (χ0v) is 14.5. The number of hydrogen-bond acceptors (Lipinski definition) is 2. The third-order valence-electron chi connectivity index (χ3n) is 3.57. The summed E-state index contributed by atoms with van der Waals surface area (Å²) in [6.45, 7) is 0. The minimum absolute atomic E-state index is 0.0887. The molecule has 3 rings (SSSR count). The van der Waals surface area contributed by atoms with Crippen LogP contribution in [-0.2, 0) is 0 Å². The van der Waals surface area contributed by atoms with Crippen molar-refractivity contribution < 1.29 is 9.59 Å². The molecule has 0 spiro atoms. The van der Waals surface area contributed by atoms with Crippen molar-refractivity contribution in [1.29, 1.82) is 0 Å². The number of carbonyl (C=O) groups is 2. The first-order valence-electron chi connectivity index (χ1n) is 7.50. The first kappa shape index (κ1) is 17.2. The molecular formula is C20H13Cl2NO2. The van der Waals surface area contributed by atoms with E-state index >= 15 is 0 Å². The van der Waals surface area contributed by atoms with Gasteiger partial charge in [0.05, 0.1) is 0 Å². The summed E-state index contributed by atoms with van der Waals surface area (Å²) < 4.78 is 0. The summed E-state index contributed by atoms with van der Waals surface area (Å²) >= 11 is 11.8. The van der Waals surface area contributed by atoms with E-state index in [4.69, 9.17) is 23.2 Å². The molecule has 124 valence electrons. The van der Waals surface area contributed by atoms with Gasteiger partial charge in [-0.15, -0.1) is 0 Å². The molecule has 0 atom stereocenters. The van der Waals surface area contributed by atoms with Gasteiger partial charge in [0.15, 0.2) is 5.78 Å². The standard InChI is InChI=1S/C20H13Cl2NO2/c21-16-10-17(22)12-18(11-16)23-20(25)15-8-6-14(7-9-15)19(24)13-4-2-1-3-5-13/h1-12H,(H,23,25). The van der Waals surface area contributed by atoms with Crippen LogP contribution in [0.5, 0.6) is 0 Å². The fraction of sp³-hybridized carbons (Fsp3) is 0. The molecule has 0 heterocycles. The first-order chi connectivity index (χ1) is 12.0. The zero-order valence-electron chi connectivity index (χ0n) is 13.0. The third-order valence-corrected chi connectivity index (χ3v) is 4.00. The molecule has 0 radical (unpaired) electrons. The number of ketones is 1. The molecule has 0 aliphatic heterocycles. The molecule has 3 aromatic carbocycles. The van der Waals surface area contributed by atoms with Gasteiger partial charge in [0.1, 0.15) is 0 Å². The van der Waals surface area contributed by atoms with Crippen molar-refractivity contribution in [2.24, 2.45) is 0 Å². The Bertz CT molecular complexity index is 902. The van der Waals surface area contributed by atoms with Gasteiger partial charge >= 0.3 is 0 Å². The fourth-order valence-electron chi connectivity index (χ4n) is 2.36. The van der Waals surface area contributed by atoms with Crippen LogP contribution in [0.15, 0.2) is 72.8 Å². The Balaban J connectivity index is 1.75. The van der Waals surface area contributed by atoms with E-state index in [1.807, 2.05) is 18.2 Å². The maximum atomic E-state index is 12.4. The van der Waals surface area contributed by atoms with Gasteiger partial charge in [-0.05, 0) is 30.3 Å². The summed E-state index contributed by atoms with van der Waals surface area (Å²) in [6, 6.07) is 20.3. The third kappa shape index (κ3) is 4.27. The van der Waals surface area contributed by atoms with Crippen molar-refractivity contribution >= 4 is 40.6 Å². The van der Waals surface area contributed by atoms with Gasteiger partial charge in [0.25, 0.3) is 5.91 Å². The molecule has 1 N–H and O–H groups in total. The number of benzene rings is 3. The van der Waals surface area contributed by atoms with Crippen LogP contribution >= 0.6 is 23.2 Å². The number of rotatable bonds is 4. The highest BCUT2D eigenvalue weighted by atomic mass is 35.5. The quantitative estimate of drug-likeness (QED) is 0.619. The van der Waals surface area contributed by atoms with E-state index in [2.05, 4.69) is 5.32 Å². The Kier molecular flexibility index (Phi) is 5.17. The topological polar surface area (TPSA) is 46.2 Å². The molecular weight excluding hydrogens is 357 g/mol. The second-order valence-corrected chi connectivity index (χ2v) is 6.26. The molecule has 0 aromatic heterocycles. The van der Waals surface area contributed by atoms with Gasteiger partial charge in [0.2, 0.25) is 0 Å². The van der Waals surface area contributed by atoms with Gasteiger partial charge in [-0.25, -0.2) is 0 Å². The summed E-state index contributed by atoms with van der Waals surface area (Å²) in [4.78, 5) is 24.7. The minimum atomic E-state index is -0.308. The van der Waals surface area contributed by atoms with E-state index in [0.717, 1.165) is 0 Å². The lowest BCUT2D eigenvalue weighted by Crippen LogP contribution is -2.12. The van der Waals surface area contributed by atoms with E-state index < -0.39 is 0 Å². The van der Waals surface area contributed by atoms with Crippen LogP contribution in [0, 0.1) is 0 Å². The van der Waals surface area contributed by atoms with Crippen LogP contribution in [0.2, 0.25) is 10.0 Å². The Morgan fingerprint density at radius 1 is 0.680 bits per heavy atom. The summed E-state index contributed by atoms with van der Waals surface area (Å²) in [7, 11) is 0.